The van der Waals surface area contributed by atoms with Gasteiger partial charge in [-0.1, -0.05) is 0 Å². The van der Waals surface area contributed by atoms with Crippen LogP contribution in [0.2, 0.25) is 0 Å². The molecule has 0 saturated heterocycles. The number of aryl methyl sites for hydroxylation is 1. The van der Waals surface area contributed by atoms with Gasteiger partial charge in [0.2, 0.25) is 5.88 Å². The zero-order valence-electron chi connectivity index (χ0n) is 7.79. The van der Waals surface area contributed by atoms with E-state index >= 15 is 0 Å². The Bertz CT molecular complexity index is 323. The molecule has 1 rings (SSSR count). The molecule has 3 N–H and O–H groups in total. The lowest BCUT2D eigenvalue weighted by Crippen LogP contribution is -2.13. The van der Waals surface area contributed by atoms with E-state index in [1.807, 2.05) is 13.0 Å². The summed E-state index contributed by atoms with van der Waals surface area (Å²) < 4.78 is 5.01. The second kappa shape index (κ2) is 3.89. The molecule has 4 heteroatoms. The quantitative estimate of drug-likeness (QED) is 0.534. The van der Waals surface area contributed by atoms with Crippen LogP contribution in [0.15, 0.2) is 12.3 Å². The highest BCUT2D eigenvalue weighted by Gasteiger charge is 2.01. The molecule has 0 aliphatic rings. The topological polar surface area (TPSA) is 72.0 Å². The smallest absolute Gasteiger partial charge is 0.215 e. The molecule has 0 amide bonds. The van der Waals surface area contributed by atoms with Crippen molar-refractivity contribution in [2.24, 2.45) is 5.73 Å². The molecule has 1 aromatic heterocycles. The number of nitrogens with one attached hydrogen (secondary N) is 1. The van der Waals surface area contributed by atoms with Gasteiger partial charge in [0.05, 0.1) is 12.9 Å². The summed E-state index contributed by atoms with van der Waals surface area (Å²) in [6.45, 7) is 1.91. The Morgan fingerprint density at radius 2 is 2.38 bits per heavy atom. The maximum absolute atomic E-state index is 7.12. The van der Waals surface area contributed by atoms with Gasteiger partial charge in [0.15, 0.2) is 0 Å². The van der Waals surface area contributed by atoms with Gasteiger partial charge in [-0.2, -0.15) is 0 Å². The van der Waals surface area contributed by atoms with E-state index in [4.69, 9.17) is 15.9 Å². The summed E-state index contributed by atoms with van der Waals surface area (Å²) in [5.74, 6) is 0.763. The molecular formula is C9H13N3O. The van der Waals surface area contributed by atoms with Crippen molar-refractivity contribution in [2.45, 2.75) is 13.3 Å². The van der Waals surface area contributed by atoms with Crippen molar-refractivity contribution in [1.82, 2.24) is 4.98 Å². The second-order valence-corrected chi connectivity index (χ2v) is 2.87. The van der Waals surface area contributed by atoms with Crippen LogP contribution in [0.5, 0.6) is 5.88 Å². The number of nitrogens with zero attached hydrogens (tertiary/aromatic N) is 1. The number of methoxy groups -OCH3 is 1. The molecule has 0 fully saturated rings. The third-order valence-corrected chi connectivity index (χ3v) is 1.67. The zero-order chi connectivity index (χ0) is 9.84. The van der Waals surface area contributed by atoms with Crippen molar-refractivity contribution < 1.29 is 4.74 Å². The maximum Gasteiger partial charge on any atom is 0.215 e. The number of nitrogens with two attached hydrogens (primary N) is 1. The van der Waals surface area contributed by atoms with Gasteiger partial charge < -0.3 is 10.5 Å². The molecule has 0 saturated carbocycles. The summed E-state index contributed by atoms with van der Waals surface area (Å²) in [6.07, 6.45) is 2.12. The van der Waals surface area contributed by atoms with Crippen molar-refractivity contribution in [3.8, 4) is 5.88 Å². The minimum atomic E-state index is 0.145. The molecule has 70 valence electrons. The number of amidine groups is 1. The van der Waals surface area contributed by atoms with Crippen molar-refractivity contribution in [2.75, 3.05) is 7.11 Å². The molecule has 0 aromatic carbocycles. The first-order valence-electron chi connectivity index (χ1n) is 3.96. The Morgan fingerprint density at radius 3 is 2.85 bits per heavy atom. The monoisotopic (exact) mass is 179 g/mol. The summed E-state index contributed by atoms with van der Waals surface area (Å²) in [5.41, 5.74) is 7.16. The number of aromatic nitrogens is 1. The molecule has 0 aliphatic carbocycles. The fraction of sp³-hybridized carbons (Fsp3) is 0.333. The van der Waals surface area contributed by atoms with E-state index in [9.17, 15) is 0 Å². The molecule has 4 nitrogen and oxygen atoms in total. The van der Waals surface area contributed by atoms with E-state index in [2.05, 4.69) is 4.98 Å². The Labute approximate surface area is 77.2 Å². The van der Waals surface area contributed by atoms with Crippen LogP contribution in [-0.2, 0) is 6.42 Å². The molecule has 13 heavy (non-hydrogen) atoms. The van der Waals surface area contributed by atoms with E-state index in [0.29, 0.717) is 12.3 Å². The third-order valence-electron chi connectivity index (χ3n) is 1.67. The molecule has 0 radical (unpaired) electrons. The molecule has 0 unspecified atom stereocenters. The van der Waals surface area contributed by atoms with Crippen molar-refractivity contribution in [3.05, 3.63) is 23.4 Å². The van der Waals surface area contributed by atoms with Crippen molar-refractivity contribution >= 4 is 5.84 Å². The third kappa shape index (κ3) is 2.43. The van der Waals surface area contributed by atoms with Crippen LogP contribution in [0.1, 0.15) is 11.1 Å². The van der Waals surface area contributed by atoms with Crippen LogP contribution in [0.3, 0.4) is 0 Å². The minimum Gasteiger partial charge on any atom is -0.481 e. The van der Waals surface area contributed by atoms with Crippen LogP contribution >= 0.6 is 0 Å². The number of ether oxygens (including phenoxy) is 1. The normalized spacial score (nSPS) is 9.69. The van der Waals surface area contributed by atoms with Crippen LogP contribution in [0, 0.1) is 12.3 Å². The molecule has 0 spiro atoms. The molecule has 0 bridgehead atoms. The van der Waals surface area contributed by atoms with E-state index in [-0.39, 0.29) is 5.84 Å². The standard InChI is InChI=1S/C9H13N3O/c1-6-3-7(4-8(10)11)5-12-9(6)13-2/h3,5H,4H2,1-2H3,(H3,10,11). The highest BCUT2D eigenvalue weighted by atomic mass is 16.5. The van der Waals surface area contributed by atoms with Gasteiger partial charge in [0.1, 0.15) is 0 Å². The predicted octanol–water partition coefficient (Wildman–Crippen LogP) is 0.877. The van der Waals surface area contributed by atoms with Gasteiger partial charge in [-0.05, 0) is 18.6 Å². The highest BCUT2D eigenvalue weighted by molar-refractivity contribution is 5.79. The first kappa shape index (κ1) is 9.51. The maximum atomic E-state index is 7.12. The van der Waals surface area contributed by atoms with Crippen LogP contribution in [-0.4, -0.2) is 17.9 Å². The Morgan fingerprint density at radius 1 is 1.69 bits per heavy atom. The summed E-state index contributed by atoms with van der Waals surface area (Å²) in [4.78, 5) is 4.08. The van der Waals surface area contributed by atoms with E-state index in [1.165, 1.54) is 0 Å². The Hall–Kier alpha value is -1.58. The molecule has 0 atom stereocenters. The molecule has 1 heterocycles. The second-order valence-electron chi connectivity index (χ2n) is 2.87. The van der Waals surface area contributed by atoms with Gasteiger partial charge in [0, 0.05) is 18.2 Å². The SMILES string of the molecule is COc1ncc(CC(=N)N)cc1C. The van der Waals surface area contributed by atoms with Gasteiger partial charge >= 0.3 is 0 Å². The summed E-state index contributed by atoms with van der Waals surface area (Å²) >= 11 is 0. The largest absolute Gasteiger partial charge is 0.481 e. The van der Waals surface area contributed by atoms with Crippen molar-refractivity contribution in [1.29, 1.82) is 5.41 Å². The van der Waals surface area contributed by atoms with Gasteiger partial charge in [-0.25, -0.2) is 4.98 Å². The first-order chi connectivity index (χ1) is 6.13. The molecule has 0 aliphatic heterocycles. The van der Waals surface area contributed by atoms with E-state index in [0.717, 1.165) is 11.1 Å². The lowest BCUT2D eigenvalue weighted by atomic mass is 10.1. The van der Waals surface area contributed by atoms with Crippen LogP contribution in [0.4, 0.5) is 0 Å². The average molecular weight is 179 g/mol. The zero-order valence-corrected chi connectivity index (χ0v) is 7.79. The van der Waals surface area contributed by atoms with Gasteiger partial charge in [-0.15, -0.1) is 0 Å². The van der Waals surface area contributed by atoms with Crippen LogP contribution in [0.25, 0.3) is 0 Å². The van der Waals surface area contributed by atoms with E-state index < -0.39 is 0 Å². The Kier molecular flexibility index (Phi) is 2.84. The molecule has 1 aromatic rings. The predicted molar refractivity (Wildman–Crippen MR) is 51.1 cm³/mol. The average Bonchev–Trinajstić information content (AvgIpc) is 2.03. The lowest BCUT2D eigenvalue weighted by molar-refractivity contribution is 0.394. The lowest BCUT2D eigenvalue weighted by Gasteiger charge is -2.05. The summed E-state index contributed by atoms with van der Waals surface area (Å²) in [5, 5.41) is 7.12. The van der Waals surface area contributed by atoms with Crippen molar-refractivity contribution in [3.63, 3.8) is 0 Å². The fourth-order valence-electron chi connectivity index (χ4n) is 1.15. The summed E-state index contributed by atoms with van der Waals surface area (Å²) in [6, 6.07) is 1.92. The minimum absolute atomic E-state index is 0.145. The number of pyridine rings is 1. The summed E-state index contributed by atoms with van der Waals surface area (Å²) in [7, 11) is 1.58. The number of rotatable bonds is 3. The number of hydrogen-bond donors (Lipinski definition) is 2. The fourth-order valence-corrected chi connectivity index (χ4v) is 1.15. The van der Waals surface area contributed by atoms with Crippen LogP contribution < -0.4 is 10.5 Å². The van der Waals surface area contributed by atoms with Gasteiger partial charge in [0.25, 0.3) is 0 Å². The first-order valence-corrected chi connectivity index (χ1v) is 3.96. The highest BCUT2D eigenvalue weighted by Crippen LogP contribution is 2.14. The van der Waals surface area contributed by atoms with Gasteiger partial charge in [-0.3, -0.25) is 5.41 Å². The Balaban J connectivity index is 2.89. The van der Waals surface area contributed by atoms with E-state index in [1.54, 1.807) is 13.3 Å². The molecular weight excluding hydrogens is 166 g/mol. The number of hydrogen-bond acceptors (Lipinski definition) is 3.